The van der Waals surface area contributed by atoms with Gasteiger partial charge in [0.05, 0.1) is 5.60 Å². The second kappa shape index (κ2) is 5.92. The summed E-state index contributed by atoms with van der Waals surface area (Å²) in [5.41, 5.74) is 0.218. The molecule has 0 aromatic heterocycles. The summed E-state index contributed by atoms with van der Waals surface area (Å²) in [5, 5.41) is 10.7. The molecule has 2 rings (SSSR count). The summed E-state index contributed by atoms with van der Waals surface area (Å²) in [6, 6.07) is 4.87. The summed E-state index contributed by atoms with van der Waals surface area (Å²) in [7, 11) is 0. The highest BCUT2D eigenvalue weighted by Crippen LogP contribution is 2.37. The maximum absolute atomic E-state index is 13.4. The number of hydrogen-bond donors (Lipinski definition) is 1. The normalized spacial score (nSPS) is 27.8. The fourth-order valence-corrected chi connectivity index (χ4v) is 3.63. The molecule has 1 aromatic rings. The summed E-state index contributed by atoms with van der Waals surface area (Å²) in [4.78, 5) is 0. The smallest absolute Gasteiger partial charge is 0.124 e. The van der Waals surface area contributed by atoms with E-state index >= 15 is 0 Å². The molecule has 0 radical (unpaired) electrons. The molecule has 1 nitrogen and oxygen atoms in total. The summed E-state index contributed by atoms with van der Waals surface area (Å²) in [5.74, 6) is 1.16. The van der Waals surface area contributed by atoms with Gasteiger partial charge in [-0.15, -0.1) is 0 Å². The molecular formula is C16H22BrFO. The van der Waals surface area contributed by atoms with Gasteiger partial charge in [0.1, 0.15) is 5.82 Å². The second-order valence-corrected chi connectivity index (χ2v) is 7.18. The molecular weight excluding hydrogens is 307 g/mol. The molecule has 0 spiro atoms. The molecule has 1 aromatic carbocycles. The van der Waals surface area contributed by atoms with Gasteiger partial charge < -0.3 is 5.11 Å². The third-order valence-corrected chi connectivity index (χ3v) is 4.82. The van der Waals surface area contributed by atoms with Crippen LogP contribution in [0.4, 0.5) is 4.39 Å². The lowest BCUT2D eigenvalue weighted by molar-refractivity contribution is -0.0146. The van der Waals surface area contributed by atoms with E-state index in [9.17, 15) is 9.50 Å². The first kappa shape index (κ1) is 15.0. The number of benzene rings is 1. The van der Waals surface area contributed by atoms with E-state index in [-0.39, 0.29) is 5.82 Å². The zero-order chi connectivity index (χ0) is 14.0. The SMILES string of the molecule is CC(C)C1CCC(O)(Cc2cc(F)cc(Br)c2)CC1. The summed E-state index contributed by atoms with van der Waals surface area (Å²) in [6.45, 7) is 4.50. The molecule has 0 saturated heterocycles. The van der Waals surface area contributed by atoms with Crippen LogP contribution in [0.3, 0.4) is 0 Å². The maximum Gasteiger partial charge on any atom is 0.124 e. The Bertz CT molecular complexity index is 416. The van der Waals surface area contributed by atoms with Gasteiger partial charge in [-0.25, -0.2) is 4.39 Å². The van der Waals surface area contributed by atoms with Crippen LogP contribution in [-0.4, -0.2) is 10.7 Å². The van der Waals surface area contributed by atoms with Gasteiger partial charge in [-0.2, -0.15) is 0 Å². The Morgan fingerprint density at radius 1 is 1.32 bits per heavy atom. The average Bonchev–Trinajstić information content (AvgIpc) is 2.27. The van der Waals surface area contributed by atoms with Crippen molar-refractivity contribution in [1.29, 1.82) is 0 Å². The van der Waals surface area contributed by atoms with Crippen LogP contribution in [0.5, 0.6) is 0 Å². The maximum atomic E-state index is 13.4. The van der Waals surface area contributed by atoms with Crippen molar-refractivity contribution < 1.29 is 9.50 Å². The van der Waals surface area contributed by atoms with Crippen LogP contribution in [0.1, 0.15) is 45.1 Å². The number of rotatable bonds is 3. The number of hydrogen-bond acceptors (Lipinski definition) is 1. The first-order valence-electron chi connectivity index (χ1n) is 7.05. The second-order valence-electron chi connectivity index (χ2n) is 6.26. The largest absolute Gasteiger partial charge is 0.390 e. The third kappa shape index (κ3) is 4.03. The van der Waals surface area contributed by atoms with Crippen LogP contribution in [-0.2, 0) is 6.42 Å². The van der Waals surface area contributed by atoms with E-state index in [1.165, 1.54) is 12.1 Å². The van der Waals surface area contributed by atoms with Gasteiger partial charge >= 0.3 is 0 Å². The van der Waals surface area contributed by atoms with Crippen molar-refractivity contribution in [1.82, 2.24) is 0 Å². The van der Waals surface area contributed by atoms with Crippen molar-refractivity contribution in [2.75, 3.05) is 0 Å². The van der Waals surface area contributed by atoms with Crippen molar-refractivity contribution in [3.05, 3.63) is 34.1 Å². The van der Waals surface area contributed by atoms with Crippen LogP contribution < -0.4 is 0 Å². The predicted octanol–water partition coefficient (Wildman–Crippen LogP) is 4.71. The molecule has 1 aliphatic rings. The minimum atomic E-state index is -0.654. The van der Waals surface area contributed by atoms with E-state index in [0.717, 1.165) is 41.6 Å². The zero-order valence-corrected chi connectivity index (χ0v) is 13.2. The lowest BCUT2D eigenvalue weighted by atomic mass is 9.72. The molecule has 106 valence electrons. The lowest BCUT2D eigenvalue weighted by Gasteiger charge is -2.37. The van der Waals surface area contributed by atoms with Crippen LogP contribution >= 0.6 is 15.9 Å². The first-order valence-corrected chi connectivity index (χ1v) is 7.85. The molecule has 19 heavy (non-hydrogen) atoms. The first-order chi connectivity index (χ1) is 8.88. The van der Waals surface area contributed by atoms with Crippen LogP contribution in [0.2, 0.25) is 0 Å². The highest BCUT2D eigenvalue weighted by Gasteiger charge is 2.34. The minimum absolute atomic E-state index is 0.246. The van der Waals surface area contributed by atoms with E-state index in [4.69, 9.17) is 0 Å². The molecule has 0 bridgehead atoms. The predicted molar refractivity (Wildman–Crippen MR) is 79.5 cm³/mol. The Morgan fingerprint density at radius 3 is 2.47 bits per heavy atom. The van der Waals surface area contributed by atoms with Crippen molar-refractivity contribution in [3.8, 4) is 0 Å². The van der Waals surface area contributed by atoms with E-state index in [2.05, 4.69) is 29.8 Å². The van der Waals surface area contributed by atoms with Crippen LogP contribution in [0.25, 0.3) is 0 Å². The quantitative estimate of drug-likeness (QED) is 0.852. The van der Waals surface area contributed by atoms with Gasteiger partial charge in [-0.05, 0) is 61.3 Å². The van der Waals surface area contributed by atoms with E-state index < -0.39 is 5.60 Å². The highest BCUT2D eigenvalue weighted by atomic mass is 79.9. The fraction of sp³-hybridized carbons (Fsp3) is 0.625. The Morgan fingerprint density at radius 2 is 1.95 bits per heavy atom. The molecule has 1 aliphatic carbocycles. The molecule has 0 unspecified atom stereocenters. The van der Waals surface area contributed by atoms with Crippen LogP contribution in [0.15, 0.2) is 22.7 Å². The molecule has 3 heteroatoms. The standard InChI is InChI=1S/C16H22BrFO/c1-11(2)13-3-5-16(19,6-4-13)10-12-7-14(17)9-15(18)8-12/h7-9,11,13,19H,3-6,10H2,1-2H3. The minimum Gasteiger partial charge on any atom is -0.390 e. The fourth-order valence-electron chi connectivity index (χ4n) is 3.11. The van der Waals surface area contributed by atoms with Gasteiger partial charge in [0, 0.05) is 10.9 Å². The molecule has 1 N–H and O–H groups in total. The van der Waals surface area contributed by atoms with E-state index in [1.54, 1.807) is 0 Å². The summed E-state index contributed by atoms with van der Waals surface area (Å²) < 4.78 is 14.1. The molecule has 0 heterocycles. The van der Waals surface area contributed by atoms with Crippen molar-refractivity contribution >= 4 is 15.9 Å². The molecule has 0 atom stereocenters. The highest BCUT2D eigenvalue weighted by molar-refractivity contribution is 9.10. The van der Waals surface area contributed by atoms with E-state index in [0.29, 0.717) is 12.3 Å². The Kier molecular flexibility index (Phi) is 4.67. The molecule has 1 saturated carbocycles. The van der Waals surface area contributed by atoms with Crippen molar-refractivity contribution in [3.63, 3.8) is 0 Å². The number of halogens is 2. The zero-order valence-electron chi connectivity index (χ0n) is 11.6. The van der Waals surface area contributed by atoms with Crippen LogP contribution in [0, 0.1) is 17.7 Å². The lowest BCUT2D eigenvalue weighted by Crippen LogP contribution is -2.37. The monoisotopic (exact) mass is 328 g/mol. The number of aliphatic hydroxyl groups is 1. The van der Waals surface area contributed by atoms with Gasteiger partial charge in [0.15, 0.2) is 0 Å². The average molecular weight is 329 g/mol. The van der Waals surface area contributed by atoms with Gasteiger partial charge in [0.2, 0.25) is 0 Å². The molecule has 0 aliphatic heterocycles. The van der Waals surface area contributed by atoms with Crippen molar-refractivity contribution in [2.45, 2.75) is 51.6 Å². The molecule has 0 amide bonds. The van der Waals surface area contributed by atoms with Crippen molar-refractivity contribution in [2.24, 2.45) is 11.8 Å². The van der Waals surface area contributed by atoms with E-state index in [1.807, 2.05) is 6.07 Å². The van der Waals surface area contributed by atoms with Gasteiger partial charge in [-0.3, -0.25) is 0 Å². The van der Waals surface area contributed by atoms with Gasteiger partial charge in [0.25, 0.3) is 0 Å². The Balaban J connectivity index is 2.02. The summed E-state index contributed by atoms with van der Waals surface area (Å²) in [6.07, 6.45) is 4.34. The summed E-state index contributed by atoms with van der Waals surface area (Å²) >= 11 is 3.30. The Hall–Kier alpha value is -0.410. The molecule has 1 fully saturated rings. The van der Waals surface area contributed by atoms with Gasteiger partial charge in [-0.1, -0.05) is 29.8 Å². The topological polar surface area (TPSA) is 20.2 Å². The third-order valence-electron chi connectivity index (χ3n) is 4.36. The Labute approximate surface area is 123 Å².